The molecule has 0 spiro atoms. The van der Waals surface area contributed by atoms with E-state index >= 15 is 0 Å². The van der Waals surface area contributed by atoms with Gasteiger partial charge in [0.1, 0.15) is 0 Å². The van der Waals surface area contributed by atoms with E-state index in [0.29, 0.717) is 65.4 Å². The van der Waals surface area contributed by atoms with Crippen molar-refractivity contribution in [3.63, 3.8) is 0 Å². The Morgan fingerprint density at radius 2 is 1.12 bits per heavy atom. The van der Waals surface area contributed by atoms with Crippen LogP contribution >= 0.6 is 0 Å². The van der Waals surface area contributed by atoms with E-state index in [0.717, 1.165) is 0 Å². The van der Waals surface area contributed by atoms with Gasteiger partial charge in [0.15, 0.2) is 0 Å². The second-order valence-corrected chi connectivity index (χ2v) is 2.58. The molecular weight excluding hydrogens is 497 g/mol. The number of carbonyl (C=O) groups excluding carboxylic acids is 2. The van der Waals surface area contributed by atoms with E-state index in [1.807, 2.05) is 0 Å². The SMILES string of the molecule is O=C[O][Tl].O=C[O][Tl]. The molecule has 0 bridgehead atoms. The van der Waals surface area contributed by atoms with Gasteiger partial charge in [-0.15, -0.1) is 0 Å². The summed E-state index contributed by atoms with van der Waals surface area (Å²) in [5, 5.41) is 0. The molecule has 0 aromatic carbocycles. The average molecular weight is 499 g/mol. The molecule has 0 saturated heterocycles. The van der Waals surface area contributed by atoms with Gasteiger partial charge in [0.25, 0.3) is 0 Å². The molecule has 0 amide bonds. The zero-order chi connectivity index (χ0) is 6.83. The van der Waals surface area contributed by atoms with Crippen LogP contribution in [0.3, 0.4) is 0 Å². The molecule has 0 aliphatic rings. The minimum atomic E-state index is 0.363. The third-order valence-electron chi connectivity index (χ3n) is 0.111. The van der Waals surface area contributed by atoms with Gasteiger partial charge in [0.2, 0.25) is 0 Å². The van der Waals surface area contributed by atoms with Gasteiger partial charge in [0, 0.05) is 0 Å². The topological polar surface area (TPSA) is 52.6 Å². The van der Waals surface area contributed by atoms with Gasteiger partial charge < -0.3 is 0 Å². The Labute approximate surface area is 79.6 Å². The van der Waals surface area contributed by atoms with Gasteiger partial charge in [-0.05, 0) is 0 Å². The maximum atomic E-state index is 8.99. The summed E-state index contributed by atoms with van der Waals surface area (Å²) in [6.45, 7) is 0.898. The molecule has 4 nitrogen and oxygen atoms in total. The number of hydrogen-bond acceptors (Lipinski definition) is 4. The summed E-state index contributed by atoms with van der Waals surface area (Å²) in [6, 6.07) is 0. The third-order valence-corrected chi connectivity index (χ3v) is 0.975. The van der Waals surface area contributed by atoms with Crippen molar-refractivity contribution in [3.8, 4) is 0 Å². The van der Waals surface area contributed by atoms with Crippen molar-refractivity contribution in [1.82, 2.24) is 0 Å². The summed E-state index contributed by atoms with van der Waals surface area (Å²) < 4.78 is 8.06. The van der Waals surface area contributed by atoms with Crippen LogP contribution < -0.4 is 0 Å². The first-order chi connectivity index (χ1) is 3.83. The fraction of sp³-hybridized carbons (Fsp3) is 0. The quantitative estimate of drug-likeness (QED) is 0.343. The Morgan fingerprint density at radius 1 is 1.00 bits per heavy atom. The fourth-order valence-electron chi connectivity index (χ4n) is 0. The van der Waals surface area contributed by atoms with Gasteiger partial charge in [-0.1, -0.05) is 0 Å². The van der Waals surface area contributed by atoms with Crippen LogP contribution in [0.1, 0.15) is 0 Å². The molecule has 0 atom stereocenters. The predicted molar refractivity (Wildman–Crippen MR) is 25.8 cm³/mol. The molecule has 0 N–H and O–H groups in total. The van der Waals surface area contributed by atoms with Crippen LogP contribution in [0.2, 0.25) is 0 Å². The molecule has 0 aromatic heterocycles. The van der Waals surface area contributed by atoms with Gasteiger partial charge in [0.05, 0.1) is 0 Å². The van der Waals surface area contributed by atoms with Crippen LogP contribution in [-0.4, -0.2) is 65.4 Å². The predicted octanol–water partition coefficient (Wildman–Crippen LogP) is -1.51. The Bertz CT molecular complexity index is 48.0. The number of rotatable bonds is 2. The van der Waals surface area contributed by atoms with E-state index < -0.39 is 0 Å². The zero-order valence-corrected chi connectivity index (χ0v) is 12.9. The van der Waals surface area contributed by atoms with E-state index in [4.69, 9.17) is 9.59 Å². The average Bonchev–Trinajstić information content (AvgIpc) is 1.88. The Kier molecular flexibility index (Phi) is 22.6. The van der Waals surface area contributed by atoms with Crippen molar-refractivity contribution in [3.05, 3.63) is 0 Å². The summed E-state index contributed by atoms with van der Waals surface area (Å²) in [4.78, 5) is 18.0. The first-order valence-corrected chi connectivity index (χ1v) is 5.08. The van der Waals surface area contributed by atoms with Crippen LogP contribution in [-0.2, 0) is 15.0 Å². The van der Waals surface area contributed by atoms with Gasteiger partial charge in [-0.2, -0.15) is 0 Å². The summed E-state index contributed by atoms with van der Waals surface area (Å²) >= 11 is 0.727. The van der Waals surface area contributed by atoms with Crippen molar-refractivity contribution in [1.29, 1.82) is 0 Å². The van der Waals surface area contributed by atoms with Gasteiger partial charge in [-0.25, -0.2) is 0 Å². The number of hydrogen-bond donors (Lipinski definition) is 0. The maximum absolute atomic E-state index is 8.99. The van der Waals surface area contributed by atoms with Crippen molar-refractivity contribution in [2.75, 3.05) is 0 Å². The molecule has 8 heavy (non-hydrogen) atoms. The van der Waals surface area contributed by atoms with Crippen molar-refractivity contribution in [2.24, 2.45) is 0 Å². The molecule has 0 heterocycles. The van der Waals surface area contributed by atoms with E-state index in [9.17, 15) is 0 Å². The van der Waals surface area contributed by atoms with Gasteiger partial charge >= 0.3 is 80.3 Å². The summed E-state index contributed by atoms with van der Waals surface area (Å²) in [7, 11) is 0. The zero-order valence-electron chi connectivity index (χ0n) is 3.94. The van der Waals surface area contributed by atoms with E-state index in [1.165, 1.54) is 0 Å². The Balaban J connectivity index is 0. The van der Waals surface area contributed by atoms with Crippen LogP contribution in [0.15, 0.2) is 0 Å². The molecule has 0 aliphatic heterocycles. The van der Waals surface area contributed by atoms with E-state index in [1.54, 1.807) is 0 Å². The van der Waals surface area contributed by atoms with Crippen LogP contribution in [0.25, 0.3) is 0 Å². The molecule has 6 heteroatoms. The van der Waals surface area contributed by atoms with Crippen LogP contribution in [0.5, 0.6) is 0 Å². The van der Waals surface area contributed by atoms with Crippen LogP contribution in [0.4, 0.5) is 0 Å². The monoisotopic (exact) mass is 500 g/mol. The second kappa shape index (κ2) is 15.7. The first kappa shape index (κ1) is 11.6. The molecule has 0 unspecified atom stereocenters. The molecule has 0 aliphatic carbocycles. The molecule has 0 fully saturated rings. The van der Waals surface area contributed by atoms with Crippen molar-refractivity contribution >= 4 is 65.4 Å². The Hall–Kier alpha value is 0.784. The summed E-state index contributed by atoms with van der Waals surface area (Å²) in [5.74, 6) is 0. The molecular formula is C2H2O4Tl2. The summed E-state index contributed by atoms with van der Waals surface area (Å²) in [5.41, 5.74) is 0. The fourth-order valence-corrected chi connectivity index (χ4v) is 0. The van der Waals surface area contributed by atoms with Gasteiger partial charge in [-0.3, -0.25) is 0 Å². The Morgan fingerprint density at radius 3 is 1.12 bits per heavy atom. The number of carbonyl (C=O) groups is 2. The molecule has 0 rings (SSSR count). The van der Waals surface area contributed by atoms with Crippen molar-refractivity contribution in [2.45, 2.75) is 0 Å². The molecule has 0 saturated carbocycles. The molecule has 0 radical (unpaired) electrons. The van der Waals surface area contributed by atoms with Crippen molar-refractivity contribution < 1.29 is 15.0 Å². The molecule has 40 valence electrons. The first-order valence-electron chi connectivity index (χ1n) is 1.41. The second-order valence-electron chi connectivity index (χ2n) is 0.465. The molecule has 0 aromatic rings. The normalized spacial score (nSPS) is 4.75. The minimum absolute atomic E-state index is 0.363. The standard InChI is InChI=1S/2CH2O2.2Tl/c2*2-1-3;;/h2*1H,(H,2,3);;/q;;2*+1/p-2. The third kappa shape index (κ3) is 29.3. The van der Waals surface area contributed by atoms with E-state index in [2.05, 4.69) is 5.37 Å². The summed E-state index contributed by atoms with van der Waals surface area (Å²) in [6.07, 6.45) is 0. The van der Waals surface area contributed by atoms with E-state index in [-0.39, 0.29) is 0 Å². The van der Waals surface area contributed by atoms with Crippen LogP contribution in [0, 0.1) is 0 Å².